The predicted molar refractivity (Wildman–Crippen MR) is 58.6 cm³/mol. The molecule has 0 aliphatic carbocycles. The molecular weight excluding hydrogens is 241 g/mol. The third-order valence-corrected chi connectivity index (χ3v) is 3.08. The van der Waals surface area contributed by atoms with Gasteiger partial charge in [-0.1, -0.05) is 11.6 Å². The third-order valence-electron chi connectivity index (χ3n) is 1.62. The Morgan fingerprint density at radius 2 is 2.33 bits per heavy atom. The zero-order chi connectivity index (χ0) is 11.4. The molecule has 0 heterocycles. The van der Waals surface area contributed by atoms with E-state index in [1.54, 1.807) is 0 Å². The van der Waals surface area contributed by atoms with Gasteiger partial charge in [0.25, 0.3) is 0 Å². The van der Waals surface area contributed by atoms with Gasteiger partial charge in [0.15, 0.2) is 0 Å². The van der Waals surface area contributed by atoms with Crippen LogP contribution < -0.4 is 5.73 Å². The zero-order valence-electron chi connectivity index (χ0n) is 7.92. The summed E-state index contributed by atoms with van der Waals surface area (Å²) in [4.78, 5) is 11.4. The number of hydrogen-bond acceptors (Lipinski definition) is 4. The number of ether oxygens (including phenoxy) is 1. The van der Waals surface area contributed by atoms with Crippen LogP contribution in [-0.4, -0.2) is 18.8 Å². The maximum absolute atomic E-state index is 12.9. The molecule has 0 radical (unpaired) electrons. The molecule has 1 aromatic carbocycles. The fourth-order valence-electron chi connectivity index (χ4n) is 0.851. The Labute approximate surface area is 95.7 Å². The van der Waals surface area contributed by atoms with Gasteiger partial charge in [-0.3, -0.25) is 4.79 Å². The van der Waals surface area contributed by atoms with Crippen LogP contribution in [-0.2, 0) is 9.53 Å². The Kier molecular flexibility index (Phi) is 4.23. The van der Waals surface area contributed by atoms with Crippen molar-refractivity contribution in [1.29, 1.82) is 0 Å². The van der Waals surface area contributed by atoms with Crippen molar-refractivity contribution in [1.82, 2.24) is 0 Å². The summed E-state index contributed by atoms with van der Waals surface area (Å²) in [5.41, 5.74) is 5.37. The normalized spacial score (nSPS) is 10.1. The highest BCUT2D eigenvalue weighted by Crippen LogP contribution is 2.30. The standard InChI is InChI=1S/C9H9ClFNO2S/c1-14-9(13)4-15-8-3-7(12)6(11)2-5(8)10/h2-3H,4,12H2,1H3. The lowest BCUT2D eigenvalue weighted by Gasteiger charge is -2.05. The highest BCUT2D eigenvalue weighted by Gasteiger charge is 2.09. The second-order valence-corrected chi connectivity index (χ2v) is 4.09. The van der Waals surface area contributed by atoms with E-state index in [0.29, 0.717) is 4.90 Å². The van der Waals surface area contributed by atoms with Crippen LogP contribution in [0.5, 0.6) is 0 Å². The molecule has 0 aromatic heterocycles. The number of hydrogen-bond donors (Lipinski definition) is 1. The van der Waals surface area contributed by atoms with Gasteiger partial charge in [-0.25, -0.2) is 4.39 Å². The molecule has 82 valence electrons. The zero-order valence-corrected chi connectivity index (χ0v) is 9.49. The van der Waals surface area contributed by atoms with E-state index in [-0.39, 0.29) is 22.4 Å². The summed E-state index contributed by atoms with van der Waals surface area (Å²) >= 11 is 6.91. The summed E-state index contributed by atoms with van der Waals surface area (Å²) in [6.07, 6.45) is 0. The molecule has 0 bridgehead atoms. The van der Waals surface area contributed by atoms with Crippen LogP contribution in [0.2, 0.25) is 5.02 Å². The van der Waals surface area contributed by atoms with E-state index in [1.807, 2.05) is 0 Å². The molecule has 0 aliphatic heterocycles. The molecule has 0 saturated heterocycles. The van der Waals surface area contributed by atoms with E-state index in [4.69, 9.17) is 17.3 Å². The fourth-order valence-corrected chi connectivity index (χ4v) is 1.96. The van der Waals surface area contributed by atoms with Gasteiger partial charge in [0.2, 0.25) is 0 Å². The van der Waals surface area contributed by atoms with Crippen molar-refractivity contribution >= 4 is 35.0 Å². The molecule has 0 amide bonds. The quantitative estimate of drug-likeness (QED) is 0.508. The van der Waals surface area contributed by atoms with E-state index < -0.39 is 5.82 Å². The van der Waals surface area contributed by atoms with Crippen LogP contribution in [0.1, 0.15) is 0 Å². The van der Waals surface area contributed by atoms with Crippen molar-refractivity contribution < 1.29 is 13.9 Å². The smallest absolute Gasteiger partial charge is 0.315 e. The Bertz CT molecular complexity index is 387. The molecule has 3 nitrogen and oxygen atoms in total. The lowest BCUT2D eigenvalue weighted by Crippen LogP contribution is -2.03. The molecule has 1 aromatic rings. The van der Waals surface area contributed by atoms with Gasteiger partial charge in [0, 0.05) is 4.90 Å². The number of esters is 1. The maximum atomic E-state index is 12.9. The van der Waals surface area contributed by atoms with Gasteiger partial charge in [-0.2, -0.15) is 0 Å². The number of carbonyl (C=O) groups excluding carboxylic acids is 1. The summed E-state index contributed by atoms with van der Waals surface area (Å²) in [7, 11) is 1.30. The van der Waals surface area contributed by atoms with Gasteiger partial charge < -0.3 is 10.5 Å². The first kappa shape index (κ1) is 12.1. The highest BCUT2D eigenvalue weighted by molar-refractivity contribution is 8.00. The summed E-state index contributed by atoms with van der Waals surface area (Å²) in [5.74, 6) is -0.831. The van der Waals surface area contributed by atoms with E-state index in [2.05, 4.69) is 4.74 Å². The molecule has 15 heavy (non-hydrogen) atoms. The minimum Gasteiger partial charge on any atom is -0.468 e. The Hall–Kier alpha value is -0.940. The first-order valence-corrected chi connectivity index (χ1v) is 5.35. The average molecular weight is 250 g/mol. The number of carbonyl (C=O) groups is 1. The predicted octanol–water partition coefficient (Wildman–Crippen LogP) is 2.33. The van der Waals surface area contributed by atoms with Gasteiger partial charge >= 0.3 is 5.97 Å². The Morgan fingerprint density at radius 3 is 2.93 bits per heavy atom. The van der Waals surface area contributed by atoms with Crippen LogP contribution in [0.4, 0.5) is 10.1 Å². The summed E-state index contributed by atoms with van der Waals surface area (Å²) < 4.78 is 17.4. The summed E-state index contributed by atoms with van der Waals surface area (Å²) in [6, 6.07) is 2.52. The highest BCUT2D eigenvalue weighted by atomic mass is 35.5. The van der Waals surface area contributed by atoms with Crippen molar-refractivity contribution in [3.05, 3.63) is 23.0 Å². The van der Waals surface area contributed by atoms with Crippen LogP contribution in [0, 0.1) is 5.82 Å². The topological polar surface area (TPSA) is 52.3 Å². The van der Waals surface area contributed by atoms with Gasteiger partial charge in [-0.05, 0) is 12.1 Å². The van der Waals surface area contributed by atoms with Crippen molar-refractivity contribution in [2.75, 3.05) is 18.6 Å². The second kappa shape index (κ2) is 5.23. The van der Waals surface area contributed by atoms with Gasteiger partial charge in [0.1, 0.15) is 5.82 Å². The van der Waals surface area contributed by atoms with E-state index in [9.17, 15) is 9.18 Å². The second-order valence-electron chi connectivity index (χ2n) is 2.67. The van der Waals surface area contributed by atoms with Crippen LogP contribution >= 0.6 is 23.4 Å². The SMILES string of the molecule is COC(=O)CSc1cc(N)c(F)cc1Cl. The minimum atomic E-state index is -0.567. The number of anilines is 1. The van der Waals surface area contributed by atoms with Gasteiger partial charge in [0.05, 0.1) is 23.6 Å². The summed E-state index contributed by atoms with van der Waals surface area (Å²) in [6.45, 7) is 0. The molecule has 0 atom stereocenters. The van der Waals surface area contributed by atoms with E-state index in [0.717, 1.165) is 17.8 Å². The first-order valence-electron chi connectivity index (χ1n) is 3.98. The average Bonchev–Trinajstić information content (AvgIpc) is 2.21. The van der Waals surface area contributed by atoms with E-state index >= 15 is 0 Å². The van der Waals surface area contributed by atoms with Crippen molar-refractivity contribution in [3.63, 3.8) is 0 Å². The van der Waals surface area contributed by atoms with Crippen molar-refractivity contribution in [2.24, 2.45) is 0 Å². The molecule has 0 fully saturated rings. The summed E-state index contributed by atoms with van der Waals surface area (Å²) in [5, 5.41) is 0.232. The molecule has 2 N–H and O–H groups in total. The number of halogens is 2. The van der Waals surface area contributed by atoms with Crippen LogP contribution in [0.15, 0.2) is 17.0 Å². The Morgan fingerprint density at radius 1 is 1.67 bits per heavy atom. The van der Waals surface area contributed by atoms with Crippen molar-refractivity contribution in [2.45, 2.75) is 4.90 Å². The lowest BCUT2D eigenvalue weighted by molar-refractivity contribution is -0.137. The molecule has 6 heteroatoms. The molecule has 0 saturated carbocycles. The van der Waals surface area contributed by atoms with Crippen LogP contribution in [0.25, 0.3) is 0 Å². The number of methoxy groups -OCH3 is 1. The third kappa shape index (κ3) is 3.28. The number of nitrogen functional groups attached to an aromatic ring is 1. The molecule has 0 spiro atoms. The van der Waals surface area contributed by atoms with Gasteiger partial charge in [-0.15, -0.1) is 11.8 Å². The fraction of sp³-hybridized carbons (Fsp3) is 0.222. The molecular formula is C9H9ClFNO2S. The largest absolute Gasteiger partial charge is 0.468 e. The van der Waals surface area contributed by atoms with Crippen molar-refractivity contribution in [3.8, 4) is 0 Å². The maximum Gasteiger partial charge on any atom is 0.315 e. The first-order chi connectivity index (χ1) is 7.04. The molecule has 1 rings (SSSR count). The molecule has 0 unspecified atom stereocenters. The number of thioether (sulfide) groups is 1. The Balaban J connectivity index is 2.77. The monoisotopic (exact) mass is 249 g/mol. The van der Waals surface area contributed by atoms with E-state index in [1.165, 1.54) is 13.2 Å². The minimum absolute atomic E-state index is 0.00626. The lowest BCUT2D eigenvalue weighted by atomic mass is 10.3. The number of rotatable bonds is 3. The number of benzene rings is 1. The number of nitrogens with two attached hydrogens (primary N) is 1. The van der Waals surface area contributed by atoms with Crippen LogP contribution in [0.3, 0.4) is 0 Å². The molecule has 0 aliphatic rings.